The normalized spacial score (nSPS) is 10.8. The molecule has 28 heavy (non-hydrogen) atoms. The number of amides is 1. The third-order valence-electron chi connectivity index (χ3n) is 4.67. The predicted octanol–water partition coefficient (Wildman–Crippen LogP) is 5.27. The van der Waals surface area contributed by atoms with Gasteiger partial charge in [0.25, 0.3) is 5.91 Å². The summed E-state index contributed by atoms with van der Waals surface area (Å²) in [5.41, 5.74) is 3.61. The second-order valence-corrected chi connectivity index (χ2v) is 6.33. The maximum atomic E-state index is 13.3. The van der Waals surface area contributed by atoms with Gasteiger partial charge in [0.1, 0.15) is 22.9 Å². The minimum atomic E-state index is -0.344. The maximum Gasteiger partial charge on any atom is 0.255 e. The number of benzene rings is 3. The van der Waals surface area contributed by atoms with Crippen molar-refractivity contribution in [1.82, 2.24) is 5.32 Å². The molecule has 0 unspecified atom stereocenters. The van der Waals surface area contributed by atoms with Crippen molar-refractivity contribution >= 4 is 16.9 Å². The lowest BCUT2D eigenvalue weighted by Crippen LogP contribution is -2.18. The average Bonchev–Trinajstić information content (AvgIpc) is 3.12. The van der Waals surface area contributed by atoms with E-state index in [1.807, 2.05) is 42.5 Å². The summed E-state index contributed by atoms with van der Waals surface area (Å²) in [6, 6.07) is 19.3. The van der Waals surface area contributed by atoms with Crippen LogP contribution in [0.1, 0.15) is 10.4 Å². The Labute approximate surface area is 161 Å². The van der Waals surface area contributed by atoms with Crippen LogP contribution in [0.5, 0.6) is 5.75 Å². The molecule has 0 aliphatic carbocycles. The Balaban J connectivity index is 1.89. The van der Waals surface area contributed by atoms with Gasteiger partial charge < -0.3 is 14.5 Å². The first-order chi connectivity index (χ1) is 13.6. The number of hydrogen-bond donors (Lipinski definition) is 1. The Bertz CT molecular complexity index is 1150. The van der Waals surface area contributed by atoms with Gasteiger partial charge in [-0.25, -0.2) is 4.39 Å². The van der Waals surface area contributed by atoms with Crippen LogP contribution in [-0.2, 0) is 0 Å². The van der Waals surface area contributed by atoms with E-state index in [1.165, 1.54) is 12.1 Å². The van der Waals surface area contributed by atoms with Gasteiger partial charge >= 0.3 is 0 Å². The van der Waals surface area contributed by atoms with Gasteiger partial charge in [-0.05, 0) is 59.7 Å². The summed E-state index contributed by atoms with van der Waals surface area (Å²) in [4.78, 5) is 12.6. The molecule has 4 rings (SSSR count). The lowest BCUT2D eigenvalue weighted by Gasteiger charge is -2.05. The van der Waals surface area contributed by atoms with E-state index in [4.69, 9.17) is 9.15 Å². The Morgan fingerprint density at radius 2 is 1.57 bits per heavy atom. The molecule has 1 amide bonds. The number of halogens is 1. The monoisotopic (exact) mass is 375 g/mol. The SMILES string of the molecule is CNC(=O)c1c(-c2ccc(F)cc2)oc2ccc(-c3ccc(OC)cc3)cc12. The van der Waals surface area contributed by atoms with E-state index in [0.717, 1.165) is 16.9 Å². The summed E-state index contributed by atoms with van der Waals surface area (Å²) < 4.78 is 24.5. The molecule has 0 spiro atoms. The molecule has 1 N–H and O–H groups in total. The molecule has 3 aromatic carbocycles. The summed E-state index contributed by atoms with van der Waals surface area (Å²) in [5.74, 6) is 0.590. The summed E-state index contributed by atoms with van der Waals surface area (Å²) in [5, 5.41) is 3.37. The maximum absolute atomic E-state index is 13.3. The Morgan fingerprint density at radius 3 is 2.21 bits per heavy atom. The van der Waals surface area contributed by atoms with E-state index in [9.17, 15) is 9.18 Å². The Kier molecular flexibility index (Phi) is 4.57. The quantitative estimate of drug-likeness (QED) is 0.528. The molecular weight excluding hydrogens is 357 g/mol. The Morgan fingerprint density at radius 1 is 0.929 bits per heavy atom. The van der Waals surface area contributed by atoms with Crippen LogP contribution in [0, 0.1) is 5.82 Å². The first kappa shape index (κ1) is 17.8. The highest BCUT2D eigenvalue weighted by atomic mass is 19.1. The van der Waals surface area contributed by atoms with Crippen molar-refractivity contribution in [3.05, 3.63) is 78.1 Å². The van der Waals surface area contributed by atoms with Crippen LogP contribution in [0.4, 0.5) is 4.39 Å². The minimum absolute atomic E-state index is 0.259. The Hall–Kier alpha value is -3.60. The van der Waals surface area contributed by atoms with Gasteiger partial charge in [-0.15, -0.1) is 0 Å². The van der Waals surface area contributed by atoms with Crippen molar-refractivity contribution in [2.24, 2.45) is 0 Å². The third-order valence-corrected chi connectivity index (χ3v) is 4.67. The summed E-state index contributed by atoms with van der Waals surface area (Å²) in [6.07, 6.45) is 0. The number of carbonyl (C=O) groups is 1. The van der Waals surface area contributed by atoms with Crippen LogP contribution in [-0.4, -0.2) is 20.1 Å². The molecule has 0 saturated heterocycles. The molecule has 0 bridgehead atoms. The number of nitrogens with one attached hydrogen (secondary N) is 1. The highest BCUT2D eigenvalue weighted by molar-refractivity contribution is 6.11. The van der Waals surface area contributed by atoms with Crippen LogP contribution in [0.15, 0.2) is 71.1 Å². The second-order valence-electron chi connectivity index (χ2n) is 6.33. The zero-order valence-electron chi connectivity index (χ0n) is 15.5. The molecular formula is C23H18FNO3. The van der Waals surface area contributed by atoms with Gasteiger partial charge in [0.05, 0.1) is 12.7 Å². The largest absolute Gasteiger partial charge is 0.497 e. The fraction of sp³-hybridized carbons (Fsp3) is 0.0870. The third kappa shape index (κ3) is 3.11. The van der Waals surface area contributed by atoms with Crippen molar-refractivity contribution in [3.63, 3.8) is 0 Å². The van der Waals surface area contributed by atoms with Crippen LogP contribution in [0.2, 0.25) is 0 Å². The number of rotatable bonds is 4. The van der Waals surface area contributed by atoms with Gasteiger partial charge in [0.15, 0.2) is 0 Å². The molecule has 1 aromatic heterocycles. The minimum Gasteiger partial charge on any atom is -0.497 e. The zero-order chi connectivity index (χ0) is 19.7. The van der Waals surface area contributed by atoms with Gasteiger partial charge in [-0.3, -0.25) is 4.79 Å². The van der Waals surface area contributed by atoms with Crippen LogP contribution < -0.4 is 10.1 Å². The van der Waals surface area contributed by atoms with Crippen molar-refractivity contribution in [2.45, 2.75) is 0 Å². The lowest BCUT2D eigenvalue weighted by molar-refractivity contribution is 0.0964. The molecule has 0 aliphatic rings. The van der Waals surface area contributed by atoms with Gasteiger partial charge in [0.2, 0.25) is 0 Å². The molecule has 4 nitrogen and oxygen atoms in total. The average molecular weight is 375 g/mol. The first-order valence-electron chi connectivity index (χ1n) is 8.79. The number of furan rings is 1. The van der Waals surface area contributed by atoms with Crippen LogP contribution in [0.25, 0.3) is 33.4 Å². The molecule has 1 heterocycles. The fourth-order valence-electron chi connectivity index (χ4n) is 3.22. The highest BCUT2D eigenvalue weighted by Gasteiger charge is 2.22. The van der Waals surface area contributed by atoms with Gasteiger partial charge in [-0.1, -0.05) is 18.2 Å². The van der Waals surface area contributed by atoms with E-state index in [2.05, 4.69) is 5.32 Å². The zero-order valence-corrected chi connectivity index (χ0v) is 15.5. The summed E-state index contributed by atoms with van der Waals surface area (Å²) >= 11 is 0. The standard InChI is InChI=1S/C23H18FNO3/c1-25-23(26)21-19-13-16(14-5-10-18(27-2)11-6-14)7-12-20(19)28-22(21)15-3-8-17(24)9-4-15/h3-13H,1-2H3,(H,25,26). The van der Waals surface area contributed by atoms with Crippen molar-refractivity contribution in [1.29, 1.82) is 0 Å². The van der Waals surface area contributed by atoms with Crippen LogP contribution >= 0.6 is 0 Å². The van der Waals surface area contributed by atoms with Crippen molar-refractivity contribution in [2.75, 3.05) is 14.2 Å². The van der Waals surface area contributed by atoms with Gasteiger partial charge in [-0.2, -0.15) is 0 Å². The molecule has 5 heteroatoms. The highest BCUT2D eigenvalue weighted by Crippen LogP contribution is 2.36. The number of carbonyl (C=O) groups excluding carboxylic acids is 1. The summed E-state index contributed by atoms with van der Waals surface area (Å²) in [6.45, 7) is 0. The molecule has 0 fully saturated rings. The number of hydrogen-bond acceptors (Lipinski definition) is 3. The van der Waals surface area contributed by atoms with E-state index in [1.54, 1.807) is 26.3 Å². The van der Waals surface area contributed by atoms with E-state index >= 15 is 0 Å². The molecule has 0 saturated carbocycles. The molecule has 0 radical (unpaired) electrons. The number of ether oxygens (including phenoxy) is 1. The van der Waals surface area contributed by atoms with Crippen molar-refractivity contribution in [3.8, 4) is 28.2 Å². The van der Waals surface area contributed by atoms with Crippen molar-refractivity contribution < 1.29 is 18.3 Å². The topological polar surface area (TPSA) is 51.5 Å². The smallest absolute Gasteiger partial charge is 0.255 e. The molecule has 0 atom stereocenters. The predicted molar refractivity (Wildman–Crippen MR) is 107 cm³/mol. The lowest BCUT2D eigenvalue weighted by atomic mass is 10.00. The first-order valence-corrected chi connectivity index (χ1v) is 8.79. The fourth-order valence-corrected chi connectivity index (χ4v) is 3.22. The van der Waals surface area contributed by atoms with E-state index in [-0.39, 0.29) is 11.7 Å². The molecule has 0 aliphatic heterocycles. The second kappa shape index (κ2) is 7.19. The number of methoxy groups -OCH3 is 1. The summed E-state index contributed by atoms with van der Waals surface area (Å²) in [7, 11) is 3.20. The number of fused-ring (bicyclic) bond motifs is 1. The van der Waals surface area contributed by atoms with Gasteiger partial charge in [0, 0.05) is 18.0 Å². The molecule has 4 aromatic rings. The van der Waals surface area contributed by atoms with Crippen LogP contribution in [0.3, 0.4) is 0 Å². The van der Waals surface area contributed by atoms with E-state index < -0.39 is 0 Å². The van der Waals surface area contributed by atoms with E-state index in [0.29, 0.717) is 27.9 Å². The molecule has 140 valence electrons.